The van der Waals surface area contributed by atoms with E-state index in [1.54, 1.807) is 80.9 Å². The first-order chi connectivity index (χ1) is 31.6. The number of aryl methyl sites for hydroxylation is 1. The summed E-state index contributed by atoms with van der Waals surface area (Å²) in [6.45, 7) is 7.63. The first-order valence-electron chi connectivity index (χ1n) is 21.6. The SMILES string of the molecule is CN(Cc1cnccn1)C(=O)c1cccc(C#CC(C)(C)O)c1.Cc1nc2c(c(N(C)C)n1)CCN(C(=O)[C@@H]1C[C@@H](O)CN1)C2.OCCNc1cc(-c2cc(CO)ccn2)c2cc[nH]c2n1. The molecular formula is C48H58N12O6. The number of carbonyl (C=O) groups is 2. The maximum atomic E-state index is 12.6. The average Bonchev–Trinajstić information content (AvgIpc) is 3.98. The smallest absolute Gasteiger partial charge is 0.253 e. The van der Waals surface area contributed by atoms with Gasteiger partial charge in [0, 0.05) is 93.2 Å². The van der Waals surface area contributed by atoms with Gasteiger partial charge in [-0.2, -0.15) is 0 Å². The number of aliphatic hydroxyl groups excluding tert-OH is 3. The molecule has 2 atom stereocenters. The molecule has 2 aliphatic rings. The lowest BCUT2D eigenvalue weighted by Crippen LogP contribution is -2.46. The van der Waals surface area contributed by atoms with Crippen LogP contribution in [0.4, 0.5) is 11.6 Å². The van der Waals surface area contributed by atoms with Crippen LogP contribution in [0, 0.1) is 18.8 Å². The third-order valence-electron chi connectivity index (χ3n) is 10.5. The number of nitrogens with one attached hydrogen (secondary N) is 3. The van der Waals surface area contributed by atoms with Crippen LogP contribution in [0.2, 0.25) is 0 Å². The largest absolute Gasteiger partial charge is 0.395 e. The number of aliphatic hydroxyl groups is 4. The highest BCUT2D eigenvalue weighted by Crippen LogP contribution is 2.29. The molecule has 7 heterocycles. The quantitative estimate of drug-likeness (QED) is 0.0979. The van der Waals surface area contributed by atoms with Gasteiger partial charge in [-0.25, -0.2) is 15.0 Å². The number of fused-ring (bicyclic) bond motifs is 2. The molecule has 66 heavy (non-hydrogen) atoms. The summed E-state index contributed by atoms with van der Waals surface area (Å²) in [5.41, 5.74) is 6.23. The molecule has 1 fully saturated rings. The molecule has 1 aromatic carbocycles. The fourth-order valence-electron chi connectivity index (χ4n) is 7.36. The Labute approximate surface area is 384 Å². The van der Waals surface area contributed by atoms with Crippen LogP contribution >= 0.6 is 0 Å². The van der Waals surface area contributed by atoms with Crippen LogP contribution in [0.3, 0.4) is 0 Å². The molecule has 8 rings (SSSR count). The Balaban J connectivity index is 0.000000164. The van der Waals surface area contributed by atoms with E-state index in [4.69, 9.17) is 5.11 Å². The van der Waals surface area contributed by atoms with Crippen LogP contribution in [0.15, 0.2) is 79.5 Å². The number of aromatic amines is 1. The zero-order valence-corrected chi connectivity index (χ0v) is 38.2. The van der Waals surface area contributed by atoms with E-state index in [1.165, 1.54) is 0 Å². The molecule has 7 N–H and O–H groups in total. The lowest BCUT2D eigenvalue weighted by Gasteiger charge is -2.32. The predicted octanol–water partition coefficient (Wildman–Crippen LogP) is 2.85. The number of pyridine rings is 2. The van der Waals surface area contributed by atoms with Crippen LogP contribution in [0.25, 0.3) is 22.3 Å². The lowest BCUT2D eigenvalue weighted by molar-refractivity contribution is -0.134. The first kappa shape index (κ1) is 48.6. The van der Waals surface area contributed by atoms with Gasteiger partial charge in [-0.1, -0.05) is 17.9 Å². The summed E-state index contributed by atoms with van der Waals surface area (Å²) in [5, 5.41) is 44.5. The van der Waals surface area contributed by atoms with E-state index in [0.717, 1.165) is 62.9 Å². The highest BCUT2D eigenvalue weighted by atomic mass is 16.3. The van der Waals surface area contributed by atoms with Crippen molar-refractivity contribution in [1.29, 1.82) is 0 Å². The third kappa shape index (κ3) is 13.1. The normalized spacial score (nSPS) is 15.3. The number of hydrogen-bond donors (Lipinski definition) is 7. The Bertz CT molecular complexity index is 2660. The van der Waals surface area contributed by atoms with Crippen molar-refractivity contribution in [3.05, 3.63) is 119 Å². The van der Waals surface area contributed by atoms with E-state index in [-0.39, 0.29) is 31.1 Å². The number of carbonyl (C=O) groups excluding carboxylic acids is 2. The van der Waals surface area contributed by atoms with Crippen molar-refractivity contribution in [3.63, 3.8) is 0 Å². The number of anilines is 2. The monoisotopic (exact) mass is 898 g/mol. The van der Waals surface area contributed by atoms with Gasteiger partial charge in [0.15, 0.2) is 0 Å². The van der Waals surface area contributed by atoms with Gasteiger partial charge in [0.1, 0.15) is 28.7 Å². The number of H-pyrrole nitrogens is 1. The summed E-state index contributed by atoms with van der Waals surface area (Å²) in [4.78, 5) is 59.6. The first-order valence-corrected chi connectivity index (χ1v) is 21.6. The van der Waals surface area contributed by atoms with E-state index in [9.17, 15) is 24.9 Å². The van der Waals surface area contributed by atoms with E-state index in [2.05, 4.69) is 57.4 Å². The lowest BCUT2D eigenvalue weighted by atomic mass is 10.0. The fraction of sp³-hybridized carbons (Fsp3) is 0.375. The van der Waals surface area contributed by atoms with E-state index < -0.39 is 11.7 Å². The minimum absolute atomic E-state index is 0.0213. The van der Waals surface area contributed by atoms with Gasteiger partial charge in [0.2, 0.25) is 5.91 Å². The molecule has 2 amide bonds. The second-order valence-corrected chi connectivity index (χ2v) is 16.7. The number of nitrogens with zero attached hydrogens (tertiary/aromatic N) is 9. The zero-order chi connectivity index (χ0) is 47.4. The molecule has 18 nitrogen and oxygen atoms in total. The molecule has 5 aromatic heterocycles. The average molecular weight is 899 g/mol. The summed E-state index contributed by atoms with van der Waals surface area (Å²) >= 11 is 0. The van der Waals surface area contributed by atoms with Crippen LogP contribution in [0.5, 0.6) is 0 Å². The minimum atomic E-state index is -1.07. The van der Waals surface area contributed by atoms with Gasteiger partial charge in [0.05, 0.1) is 61.7 Å². The summed E-state index contributed by atoms with van der Waals surface area (Å²) < 4.78 is 0. The maximum absolute atomic E-state index is 12.6. The van der Waals surface area contributed by atoms with Crippen molar-refractivity contribution in [2.45, 2.75) is 71.1 Å². The molecule has 1 saturated heterocycles. The predicted molar refractivity (Wildman–Crippen MR) is 251 cm³/mol. The number of β-amino-alcohol motifs (C(OH)–C–C–N with tert-alkyl or cyclic N) is 1. The maximum Gasteiger partial charge on any atom is 0.253 e. The van der Waals surface area contributed by atoms with Crippen LogP contribution in [0.1, 0.15) is 64.5 Å². The van der Waals surface area contributed by atoms with Gasteiger partial charge in [0.25, 0.3) is 5.91 Å². The highest BCUT2D eigenvalue weighted by Gasteiger charge is 2.34. The minimum Gasteiger partial charge on any atom is -0.395 e. The Kier molecular flexibility index (Phi) is 16.4. The molecule has 18 heteroatoms. The van der Waals surface area contributed by atoms with E-state index >= 15 is 0 Å². The Morgan fingerprint density at radius 1 is 1.02 bits per heavy atom. The van der Waals surface area contributed by atoms with Crippen molar-refractivity contribution in [3.8, 4) is 23.1 Å². The van der Waals surface area contributed by atoms with Gasteiger partial charge in [-0.15, -0.1) is 0 Å². The van der Waals surface area contributed by atoms with Gasteiger partial charge in [-0.05, 0) is 81.6 Å². The van der Waals surface area contributed by atoms with E-state index in [1.807, 2.05) is 55.2 Å². The van der Waals surface area contributed by atoms with Crippen molar-refractivity contribution in [2.24, 2.45) is 0 Å². The van der Waals surface area contributed by atoms with Gasteiger partial charge >= 0.3 is 0 Å². The van der Waals surface area contributed by atoms with E-state index in [0.29, 0.717) is 56.1 Å². The number of benzene rings is 1. The number of aromatic nitrogens is 7. The van der Waals surface area contributed by atoms with Crippen LogP contribution < -0.4 is 15.5 Å². The van der Waals surface area contributed by atoms with Gasteiger partial charge in [-0.3, -0.25) is 24.5 Å². The summed E-state index contributed by atoms with van der Waals surface area (Å²) in [7, 11) is 5.67. The Hall–Kier alpha value is -6.88. The summed E-state index contributed by atoms with van der Waals surface area (Å²) in [6.07, 6.45) is 9.17. The molecule has 0 unspecified atom stereocenters. The molecule has 0 spiro atoms. The second-order valence-electron chi connectivity index (χ2n) is 16.7. The number of rotatable bonds is 10. The van der Waals surface area contributed by atoms with Crippen molar-refractivity contribution in [1.82, 2.24) is 50.0 Å². The van der Waals surface area contributed by atoms with Crippen molar-refractivity contribution < 1.29 is 30.0 Å². The molecule has 6 aromatic rings. The van der Waals surface area contributed by atoms with Crippen molar-refractivity contribution in [2.75, 3.05) is 57.6 Å². The molecule has 0 radical (unpaired) electrons. The number of hydrogen-bond acceptors (Lipinski definition) is 15. The van der Waals surface area contributed by atoms with Crippen molar-refractivity contribution >= 4 is 34.5 Å². The second kappa shape index (κ2) is 22.3. The number of amides is 2. The zero-order valence-electron chi connectivity index (χ0n) is 38.2. The van der Waals surface area contributed by atoms with Crippen LogP contribution in [-0.4, -0.2) is 142 Å². The molecule has 0 bridgehead atoms. The molecular weight excluding hydrogens is 841 g/mol. The van der Waals surface area contributed by atoms with Crippen LogP contribution in [-0.2, 0) is 30.9 Å². The summed E-state index contributed by atoms with van der Waals surface area (Å²) in [6, 6.07) is 14.2. The topological polar surface area (TPSA) is 242 Å². The Morgan fingerprint density at radius 3 is 2.53 bits per heavy atom. The fourth-order valence-corrected chi connectivity index (χ4v) is 7.36. The molecule has 0 aliphatic carbocycles. The summed E-state index contributed by atoms with van der Waals surface area (Å²) in [5.74, 6) is 7.90. The standard InChI is InChI=1S/C18H19N3O2.C15H23N5O2.C15H16N4O2/c1-18(2,23)8-7-14-5-4-6-15(11-14)17(22)21(3)13-16-12-19-9-10-20-16;1-9-17-13-8-20(15(22)12-6-10(21)7-16-12)5-4-11(13)14(18-9)19(2)3;20-6-5-17-14-8-12(11-2-4-18-15(11)19-14)13-7-10(9-21)1-3-16-13/h4-6,9-12,23H,13H2,1-3H3;10,12,16,21H,4-8H2,1-3H3;1-4,7-8,20-21H,5-6,9H2,(H2,17,18,19)/t;10-,12+;/m.1./s1. The Morgan fingerprint density at radius 2 is 1.83 bits per heavy atom. The van der Waals surface area contributed by atoms with Gasteiger partial charge < -0.3 is 50.7 Å². The molecule has 0 saturated carbocycles. The molecule has 346 valence electrons. The third-order valence-corrected chi connectivity index (χ3v) is 10.5. The highest BCUT2D eigenvalue weighted by molar-refractivity contribution is 5.95. The molecule has 2 aliphatic heterocycles.